The number of hydrogen-bond donors (Lipinski definition) is 2. The Morgan fingerprint density at radius 1 is 0.955 bits per heavy atom. The molecule has 0 spiro atoms. The molecule has 44 heavy (non-hydrogen) atoms. The first kappa shape index (κ1) is 32.2. The first-order chi connectivity index (χ1) is 21.3. The molecule has 0 fully saturated rings. The number of nitrogens with one attached hydrogen (secondary N) is 1. The minimum atomic E-state index is -1.17. The minimum absolute atomic E-state index is 0.101. The van der Waals surface area contributed by atoms with Crippen molar-refractivity contribution < 1.29 is 14.7 Å². The molecule has 4 aromatic carbocycles. The van der Waals surface area contributed by atoms with Crippen molar-refractivity contribution in [1.82, 2.24) is 15.1 Å². The minimum Gasteiger partial charge on any atom is -0.392 e. The maximum Gasteiger partial charge on any atom is 0.255 e. The van der Waals surface area contributed by atoms with Gasteiger partial charge < -0.3 is 20.2 Å². The molecular formula is C36H37ClIN3O3. The van der Waals surface area contributed by atoms with E-state index >= 15 is 0 Å². The highest BCUT2D eigenvalue weighted by Crippen LogP contribution is 2.50. The lowest BCUT2D eigenvalue weighted by atomic mass is 9.63. The third kappa shape index (κ3) is 6.56. The van der Waals surface area contributed by atoms with Gasteiger partial charge in [-0.25, -0.2) is 0 Å². The van der Waals surface area contributed by atoms with E-state index in [0.29, 0.717) is 29.1 Å². The molecule has 0 unspecified atom stereocenters. The Bertz CT molecular complexity index is 1630. The van der Waals surface area contributed by atoms with Crippen LogP contribution in [-0.4, -0.2) is 53.9 Å². The van der Waals surface area contributed by atoms with Crippen LogP contribution in [-0.2, 0) is 29.8 Å². The average molecular weight is 722 g/mol. The standard InChI is InChI=1S/C36H37ClIN3O3/c1-40(2)21-9-20-39-35(44)36(22-27-10-4-8-15-32(27)38)30-13-6-5-12-29(30)34(43)41(23-28-11-3-7-14-31(28)37)33(36)26-18-16-25(24-42)17-19-26/h3-8,10-19,33,42H,9,20-24H2,1-2H3,(H,39,44)/t33-,36-/m0/s1. The summed E-state index contributed by atoms with van der Waals surface area (Å²) in [4.78, 5) is 33.4. The summed E-state index contributed by atoms with van der Waals surface area (Å²) in [6, 6.07) is 30.1. The zero-order chi connectivity index (χ0) is 31.3. The van der Waals surface area contributed by atoms with E-state index in [1.165, 1.54) is 0 Å². The Balaban J connectivity index is 1.77. The molecule has 0 saturated carbocycles. The maximum absolute atomic E-state index is 15.0. The van der Waals surface area contributed by atoms with Gasteiger partial charge in [-0.2, -0.15) is 0 Å². The van der Waals surface area contributed by atoms with Gasteiger partial charge in [0.05, 0.1) is 12.6 Å². The van der Waals surface area contributed by atoms with E-state index in [2.05, 4.69) is 38.9 Å². The number of fused-ring (bicyclic) bond motifs is 1. The van der Waals surface area contributed by atoms with Crippen LogP contribution in [0.4, 0.5) is 0 Å². The molecule has 6 nitrogen and oxygen atoms in total. The fourth-order valence-electron chi connectivity index (χ4n) is 6.20. The van der Waals surface area contributed by atoms with E-state index in [-0.39, 0.29) is 25.0 Å². The van der Waals surface area contributed by atoms with Gasteiger partial charge in [0.2, 0.25) is 5.91 Å². The molecular weight excluding hydrogens is 685 g/mol. The second-order valence-electron chi connectivity index (χ2n) is 11.5. The van der Waals surface area contributed by atoms with Crippen LogP contribution in [0.15, 0.2) is 97.1 Å². The van der Waals surface area contributed by atoms with Crippen molar-refractivity contribution in [1.29, 1.82) is 0 Å². The van der Waals surface area contributed by atoms with Gasteiger partial charge >= 0.3 is 0 Å². The molecule has 1 aliphatic heterocycles. The Morgan fingerprint density at radius 2 is 1.61 bits per heavy atom. The van der Waals surface area contributed by atoms with Gasteiger partial charge in [-0.1, -0.05) is 90.5 Å². The summed E-state index contributed by atoms with van der Waals surface area (Å²) < 4.78 is 1.05. The largest absolute Gasteiger partial charge is 0.392 e. The number of benzene rings is 4. The van der Waals surface area contributed by atoms with Crippen LogP contribution in [0.1, 0.15) is 50.6 Å². The summed E-state index contributed by atoms with van der Waals surface area (Å²) in [5.41, 5.74) is 3.44. The molecule has 0 aromatic heterocycles. The highest BCUT2D eigenvalue weighted by Gasteiger charge is 2.56. The third-order valence-corrected chi connectivity index (χ3v) is 9.78. The topological polar surface area (TPSA) is 72.9 Å². The SMILES string of the molecule is CN(C)CCCNC(=O)[C@@]1(Cc2ccccc2I)c2ccccc2C(=O)N(Cc2ccccc2Cl)[C@H]1c1ccc(CO)cc1. The number of carbonyl (C=O) groups excluding carboxylic acids is 2. The highest BCUT2D eigenvalue weighted by atomic mass is 127. The van der Waals surface area contributed by atoms with Crippen molar-refractivity contribution in [3.05, 3.63) is 139 Å². The van der Waals surface area contributed by atoms with Gasteiger partial charge in [0.25, 0.3) is 5.91 Å². The van der Waals surface area contributed by atoms with Crippen LogP contribution in [0.25, 0.3) is 0 Å². The number of carbonyl (C=O) groups is 2. The number of aliphatic hydroxyl groups excluding tert-OH is 1. The Hall–Kier alpha value is -3.24. The average Bonchev–Trinajstić information content (AvgIpc) is 3.03. The number of aliphatic hydroxyl groups is 1. The van der Waals surface area contributed by atoms with E-state index in [0.717, 1.165) is 38.8 Å². The van der Waals surface area contributed by atoms with E-state index in [1.807, 2.05) is 110 Å². The monoisotopic (exact) mass is 721 g/mol. The molecule has 0 bridgehead atoms. The third-order valence-electron chi connectivity index (χ3n) is 8.35. The van der Waals surface area contributed by atoms with Gasteiger partial charge in [0.1, 0.15) is 5.41 Å². The predicted octanol–water partition coefficient (Wildman–Crippen LogP) is 6.38. The van der Waals surface area contributed by atoms with Crippen LogP contribution >= 0.6 is 34.2 Å². The lowest BCUT2D eigenvalue weighted by Crippen LogP contribution is -2.59. The van der Waals surface area contributed by atoms with Gasteiger partial charge in [-0.05, 0) is 102 Å². The number of halogens is 2. The van der Waals surface area contributed by atoms with E-state index in [9.17, 15) is 14.7 Å². The summed E-state index contributed by atoms with van der Waals surface area (Å²) in [6.07, 6.45) is 1.17. The predicted molar refractivity (Wildman–Crippen MR) is 184 cm³/mol. The Labute approximate surface area is 278 Å². The molecule has 1 aliphatic rings. The van der Waals surface area contributed by atoms with Crippen molar-refractivity contribution in [3.63, 3.8) is 0 Å². The maximum atomic E-state index is 15.0. The van der Waals surface area contributed by atoms with E-state index in [4.69, 9.17) is 11.6 Å². The normalized spacial score (nSPS) is 17.9. The van der Waals surface area contributed by atoms with Gasteiger partial charge in [-0.15, -0.1) is 0 Å². The first-order valence-electron chi connectivity index (χ1n) is 14.8. The highest BCUT2D eigenvalue weighted by molar-refractivity contribution is 14.1. The molecule has 8 heteroatoms. The smallest absolute Gasteiger partial charge is 0.255 e. The molecule has 0 aliphatic carbocycles. The fourth-order valence-corrected chi connectivity index (χ4v) is 6.98. The number of rotatable bonds is 11. The number of hydrogen-bond acceptors (Lipinski definition) is 4. The molecule has 1 heterocycles. The molecule has 2 atom stereocenters. The van der Waals surface area contributed by atoms with Crippen molar-refractivity contribution in [2.45, 2.75) is 37.5 Å². The fraction of sp³-hybridized carbons (Fsp3) is 0.278. The zero-order valence-corrected chi connectivity index (χ0v) is 27.9. The lowest BCUT2D eigenvalue weighted by Gasteiger charge is -2.50. The lowest BCUT2D eigenvalue weighted by molar-refractivity contribution is -0.130. The molecule has 2 amide bonds. The van der Waals surface area contributed by atoms with Crippen LogP contribution in [0.2, 0.25) is 5.02 Å². The summed E-state index contributed by atoms with van der Waals surface area (Å²) in [7, 11) is 4.03. The molecule has 0 saturated heterocycles. The summed E-state index contributed by atoms with van der Waals surface area (Å²) in [6.45, 7) is 1.46. The summed E-state index contributed by atoms with van der Waals surface area (Å²) in [5.74, 6) is -0.285. The molecule has 0 radical (unpaired) electrons. The zero-order valence-electron chi connectivity index (χ0n) is 25.0. The quantitative estimate of drug-likeness (QED) is 0.139. The Kier molecular flexibility index (Phi) is 10.4. The van der Waals surface area contributed by atoms with Crippen molar-refractivity contribution in [2.24, 2.45) is 0 Å². The van der Waals surface area contributed by atoms with Gasteiger partial charge in [-0.3, -0.25) is 9.59 Å². The molecule has 5 rings (SSSR count). The van der Waals surface area contributed by atoms with Gasteiger partial charge in [0, 0.05) is 27.2 Å². The summed E-state index contributed by atoms with van der Waals surface area (Å²) >= 11 is 9.00. The molecule has 4 aromatic rings. The van der Waals surface area contributed by atoms with Crippen LogP contribution in [0, 0.1) is 3.57 Å². The van der Waals surface area contributed by atoms with Crippen LogP contribution in [0.3, 0.4) is 0 Å². The van der Waals surface area contributed by atoms with Crippen LogP contribution in [0.5, 0.6) is 0 Å². The number of amides is 2. The molecule has 2 N–H and O–H groups in total. The molecule has 228 valence electrons. The van der Waals surface area contributed by atoms with Crippen molar-refractivity contribution in [3.8, 4) is 0 Å². The van der Waals surface area contributed by atoms with Gasteiger partial charge in [0.15, 0.2) is 0 Å². The van der Waals surface area contributed by atoms with E-state index < -0.39 is 11.5 Å². The van der Waals surface area contributed by atoms with Crippen LogP contribution < -0.4 is 5.32 Å². The van der Waals surface area contributed by atoms with Crippen molar-refractivity contribution >= 4 is 46.0 Å². The first-order valence-corrected chi connectivity index (χ1v) is 16.2. The van der Waals surface area contributed by atoms with Crippen molar-refractivity contribution in [2.75, 3.05) is 27.2 Å². The second kappa shape index (κ2) is 14.2. The number of nitrogens with zero attached hydrogens (tertiary/aromatic N) is 2. The van der Waals surface area contributed by atoms with E-state index in [1.54, 1.807) is 0 Å². The second-order valence-corrected chi connectivity index (χ2v) is 13.1. The Morgan fingerprint density at radius 3 is 2.30 bits per heavy atom. The summed E-state index contributed by atoms with van der Waals surface area (Å²) in [5, 5.41) is 13.7.